The van der Waals surface area contributed by atoms with Gasteiger partial charge in [0.25, 0.3) is 0 Å². The van der Waals surface area contributed by atoms with E-state index in [1.807, 2.05) is 12.1 Å². The number of hydrogen-bond donors (Lipinski definition) is 1. The van der Waals surface area contributed by atoms with Crippen molar-refractivity contribution in [2.75, 3.05) is 0 Å². The summed E-state index contributed by atoms with van der Waals surface area (Å²) >= 11 is 0. The monoisotopic (exact) mass is 188 g/mol. The first-order valence-electron chi connectivity index (χ1n) is 4.71. The van der Waals surface area contributed by atoms with Gasteiger partial charge in [0, 0.05) is 6.42 Å². The minimum absolute atomic E-state index is 0.207. The van der Waals surface area contributed by atoms with Crippen molar-refractivity contribution in [1.82, 2.24) is 9.97 Å². The van der Waals surface area contributed by atoms with Gasteiger partial charge in [-0.2, -0.15) is 10.5 Å². The molecule has 0 amide bonds. The summed E-state index contributed by atoms with van der Waals surface area (Å²) in [5.74, 6) is 0.742. The normalized spacial score (nSPS) is 9.36. The predicted molar refractivity (Wildman–Crippen MR) is 51.2 cm³/mol. The molecule has 14 heavy (non-hydrogen) atoms. The number of H-pyrrole nitrogens is 1. The molecule has 1 aromatic heterocycles. The zero-order chi connectivity index (χ0) is 10.4. The molecule has 0 aromatic carbocycles. The molecule has 0 aliphatic carbocycles. The molecule has 0 spiro atoms. The lowest BCUT2D eigenvalue weighted by Crippen LogP contribution is -1.88. The number of aromatic amines is 1. The van der Waals surface area contributed by atoms with Crippen LogP contribution in [-0.4, -0.2) is 9.97 Å². The second-order valence-corrected chi connectivity index (χ2v) is 3.09. The molecule has 0 unspecified atom stereocenters. The SMILES string of the molecule is CCCCCc1nc(C#N)c(C#N)[nH]1. The zero-order valence-electron chi connectivity index (χ0n) is 8.17. The number of nitrogens with zero attached hydrogens (tertiary/aromatic N) is 3. The van der Waals surface area contributed by atoms with Gasteiger partial charge < -0.3 is 4.98 Å². The van der Waals surface area contributed by atoms with Crippen LogP contribution in [0.2, 0.25) is 0 Å². The van der Waals surface area contributed by atoms with Gasteiger partial charge in [-0.15, -0.1) is 0 Å². The minimum Gasteiger partial charge on any atom is -0.333 e. The number of rotatable bonds is 4. The van der Waals surface area contributed by atoms with Crippen LogP contribution in [0.4, 0.5) is 0 Å². The van der Waals surface area contributed by atoms with Crippen LogP contribution in [0.5, 0.6) is 0 Å². The summed E-state index contributed by atoms with van der Waals surface area (Å²) in [6.45, 7) is 2.13. The Morgan fingerprint density at radius 2 is 2.07 bits per heavy atom. The van der Waals surface area contributed by atoms with Crippen molar-refractivity contribution >= 4 is 0 Å². The number of nitriles is 2. The van der Waals surface area contributed by atoms with Gasteiger partial charge in [0.15, 0.2) is 11.4 Å². The van der Waals surface area contributed by atoms with Crippen molar-refractivity contribution in [2.24, 2.45) is 0 Å². The summed E-state index contributed by atoms with van der Waals surface area (Å²) in [5, 5.41) is 17.3. The lowest BCUT2D eigenvalue weighted by molar-refractivity contribution is 0.698. The van der Waals surface area contributed by atoms with E-state index in [1.165, 1.54) is 0 Å². The zero-order valence-corrected chi connectivity index (χ0v) is 8.17. The van der Waals surface area contributed by atoms with Crippen LogP contribution < -0.4 is 0 Å². The molecular weight excluding hydrogens is 176 g/mol. The Morgan fingerprint density at radius 1 is 1.29 bits per heavy atom. The predicted octanol–water partition coefficient (Wildman–Crippen LogP) is 1.89. The number of aromatic nitrogens is 2. The highest BCUT2D eigenvalue weighted by Crippen LogP contribution is 2.07. The highest BCUT2D eigenvalue weighted by Gasteiger charge is 2.07. The van der Waals surface area contributed by atoms with Gasteiger partial charge in [-0.1, -0.05) is 19.8 Å². The quantitative estimate of drug-likeness (QED) is 0.733. The maximum atomic E-state index is 8.66. The summed E-state index contributed by atoms with van der Waals surface area (Å²) < 4.78 is 0. The Labute approximate surface area is 83.2 Å². The molecule has 0 radical (unpaired) electrons. The molecule has 0 aliphatic rings. The number of imidazole rings is 1. The molecule has 0 bridgehead atoms. The standard InChI is InChI=1S/C10H12N4/c1-2-3-4-5-10-13-8(6-11)9(7-12)14-10/h2-5H2,1H3,(H,13,14). The summed E-state index contributed by atoms with van der Waals surface area (Å²) in [6.07, 6.45) is 4.14. The highest BCUT2D eigenvalue weighted by molar-refractivity contribution is 5.36. The van der Waals surface area contributed by atoms with E-state index >= 15 is 0 Å². The topological polar surface area (TPSA) is 76.3 Å². The molecule has 4 nitrogen and oxygen atoms in total. The third-order valence-corrected chi connectivity index (χ3v) is 1.99. The molecule has 0 aliphatic heterocycles. The molecule has 1 N–H and O–H groups in total. The van der Waals surface area contributed by atoms with E-state index in [9.17, 15) is 0 Å². The fraction of sp³-hybridized carbons (Fsp3) is 0.500. The third-order valence-electron chi connectivity index (χ3n) is 1.99. The second-order valence-electron chi connectivity index (χ2n) is 3.09. The highest BCUT2D eigenvalue weighted by atomic mass is 14.9. The first kappa shape index (κ1) is 10.3. The molecular formula is C10H12N4. The Bertz CT molecular complexity index is 346. The first-order chi connectivity index (χ1) is 6.81. The van der Waals surface area contributed by atoms with Gasteiger partial charge in [-0.05, 0) is 6.42 Å². The van der Waals surface area contributed by atoms with E-state index in [1.54, 1.807) is 0 Å². The molecule has 0 saturated heterocycles. The van der Waals surface area contributed by atoms with E-state index in [0.717, 1.165) is 31.5 Å². The van der Waals surface area contributed by atoms with E-state index in [2.05, 4.69) is 16.9 Å². The van der Waals surface area contributed by atoms with Gasteiger partial charge in [0.2, 0.25) is 0 Å². The van der Waals surface area contributed by atoms with Crippen molar-refractivity contribution in [2.45, 2.75) is 32.6 Å². The average molecular weight is 188 g/mol. The van der Waals surface area contributed by atoms with Crippen molar-refractivity contribution < 1.29 is 0 Å². The molecule has 72 valence electrons. The lowest BCUT2D eigenvalue weighted by Gasteiger charge is -1.93. The molecule has 1 rings (SSSR count). The van der Waals surface area contributed by atoms with Gasteiger partial charge in [-0.3, -0.25) is 0 Å². The van der Waals surface area contributed by atoms with Crippen molar-refractivity contribution in [3.05, 3.63) is 17.2 Å². The molecule has 0 fully saturated rings. The van der Waals surface area contributed by atoms with Crippen LogP contribution >= 0.6 is 0 Å². The van der Waals surface area contributed by atoms with Crippen LogP contribution in [-0.2, 0) is 6.42 Å². The van der Waals surface area contributed by atoms with Gasteiger partial charge in [-0.25, -0.2) is 4.98 Å². The summed E-state index contributed by atoms with van der Waals surface area (Å²) in [5.41, 5.74) is 0.484. The fourth-order valence-corrected chi connectivity index (χ4v) is 1.24. The molecule has 1 aromatic rings. The molecule has 0 atom stereocenters. The largest absolute Gasteiger partial charge is 0.333 e. The summed E-state index contributed by atoms with van der Waals surface area (Å²) in [4.78, 5) is 6.88. The van der Waals surface area contributed by atoms with E-state index in [0.29, 0.717) is 0 Å². The minimum atomic E-state index is 0.207. The van der Waals surface area contributed by atoms with E-state index in [-0.39, 0.29) is 11.4 Å². The Balaban J connectivity index is 2.67. The van der Waals surface area contributed by atoms with Gasteiger partial charge in [0.05, 0.1) is 0 Å². The van der Waals surface area contributed by atoms with E-state index < -0.39 is 0 Å². The maximum Gasteiger partial charge on any atom is 0.176 e. The van der Waals surface area contributed by atoms with Crippen molar-refractivity contribution in [3.63, 3.8) is 0 Å². The number of hydrogen-bond acceptors (Lipinski definition) is 3. The third kappa shape index (κ3) is 2.34. The van der Waals surface area contributed by atoms with Crippen LogP contribution in [0.1, 0.15) is 43.4 Å². The average Bonchev–Trinajstić information content (AvgIpc) is 2.61. The summed E-state index contributed by atoms with van der Waals surface area (Å²) in [7, 11) is 0. The molecule has 1 heterocycles. The first-order valence-corrected chi connectivity index (χ1v) is 4.71. The van der Waals surface area contributed by atoms with Crippen LogP contribution in [0, 0.1) is 22.7 Å². The van der Waals surface area contributed by atoms with E-state index in [4.69, 9.17) is 10.5 Å². The van der Waals surface area contributed by atoms with Crippen LogP contribution in [0.25, 0.3) is 0 Å². The second kappa shape index (κ2) is 5.04. The van der Waals surface area contributed by atoms with Crippen LogP contribution in [0.15, 0.2) is 0 Å². The van der Waals surface area contributed by atoms with Crippen LogP contribution in [0.3, 0.4) is 0 Å². The van der Waals surface area contributed by atoms with Crippen molar-refractivity contribution in [3.8, 4) is 12.1 Å². The lowest BCUT2D eigenvalue weighted by atomic mass is 10.2. The Hall–Kier alpha value is -1.81. The van der Waals surface area contributed by atoms with Gasteiger partial charge in [0.1, 0.15) is 18.0 Å². The number of unbranched alkanes of at least 4 members (excludes halogenated alkanes) is 2. The molecule has 4 heteroatoms. The maximum absolute atomic E-state index is 8.66. The number of nitrogens with one attached hydrogen (secondary N) is 1. The van der Waals surface area contributed by atoms with Crippen molar-refractivity contribution in [1.29, 1.82) is 10.5 Å². The molecule has 0 saturated carbocycles. The summed E-state index contributed by atoms with van der Waals surface area (Å²) in [6, 6.07) is 3.81. The Kier molecular flexibility index (Phi) is 3.69. The van der Waals surface area contributed by atoms with Gasteiger partial charge >= 0.3 is 0 Å². The Morgan fingerprint density at radius 3 is 2.57 bits per heavy atom. The fourth-order valence-electron chi connectivity index (χ4n) is 1.24. The number of aryl methyl sites for hydroxylation is 1. The smallest absolute Gasteiger partial charge is 0.176 e.